The van der Waals surface area contributed by atoms with E-state index in [1.165, 1.54) is 7.11 Å². The van der Waals surface area contributed by atoms with Crippen LogP contribution in [0.1, 0.15) is 26.2 Å². The molecule has 1 saturated heterocycles. The summed E-state index contributed by atoms with van der Waals surface area (Å²) < 4.78 is 10.4. The molecule has 2 N–H and O–H groups in total. The number of ether oxygens (including phenoxy) is 2. The van der Waals surface area contributed by atoms with Crippen LogP contribution in [0.15, 0.2) is 12.7 Å². The molecule has 1 aliphatic heterocycles. The number of rotatable bonds is 5. The van der Waals surface area contributed by atoms with Gasteiger partial charge in [0.05, 0.1) is 31.8 Å². The molecule has 18 heavy (non-hydrogen) atoms. The van der Waals surface area contributed by atoms with Gasteiger partial charge in [-0.05, 0) is 6.42 Å². The molecule has 0 amide bonds. The van der Waals surface area contributed by atoms with E-state index >= 15 is 0 Å². The van der Waals surface area contributed by atoms with Gasteiger partial charge in [0.1, 0.15) is 0 Å². The third-order valence-corrected chi connectivity index (χ3v) is 3.71. The van der Waals surface area contributed by atoms with Crippen molar-refractivity contribution >= 4 is 5.97 Å². The zero-order chi connectivity index (χ0) is 13.8. The van der Waals surface area contributed by atoms with E-state index in [4.69, 9.17) is 9.84 Å². The van der Waals surface area contributed by atoms with Gasteiger partial charge in [-0.2, -0.15) is 0 Å². The maximum Gasteiger partial charge on any atom is 0.308 e. The van der Waals surface area contributed by atoms with Gasteiger partial charge in [-0.1, -0.05) is 13.0 Å². The molecule has 0 aromatic heterocycles. The van der Waals surface area contributed by atoms with E-state index in [-0.39, 0.29) is 31.2 Å². The van der Waals surface area contributed by atoms with Crippen LogP contribution >= 0.6 is 0 Å². The van der Waals surface area contributed by atoms with Crippen LogP contribution in [0.2, 0.25) is 0 Å². The van der Waals surface area contributed by atoms with Gasteiger partial charge < -0.3 is 19.7 Å². The Hall–Kier alpha value is -0.910. The van der Waals surface area contributed by atoms with Gasteiger partial charge >= 0.3 is 5.97 Å². The Kier molecular flexibility index (Phi) is 5.31. The van der Waals surface area contributed by atoms with Gasteiger partial charge in [-0.3, -0.25) is 4.79 Å². The standard InChI is InChI=1S/C13H22O5/c1-4-13(2)10(15)7-9(8-12(16)17-3)18-11(13)5-6-14/h4,9-11,14-15H,1,5-8H2,2-3H3/t9-,10+,11-,13+/m1/s1. The highest BCUT2D eigenvalue weighted by Crippen LogP contribution is 2.40. The van der Waals surface area contributed by atoms with Crippen molar-refractivity contribution in [2.45, 2.75) is 44.5 Å². The molecule has 0 saturated carbocycles. The van der Waals surface area contributed by atoms with Crippen molar-refractivity contribution in [3.05, 3.63) is 12.7 Å². The number of carbonyl (C=O) groups excluding carboxylic acids is 1. The van der Waals surface area contributed by atoms with E-state index in [0.29, 0.717) is 12.8 Å². The van der Waals surface area contributed by atoms with Gasteiger partial charge in [0.2, 0.25) is 0 Å². The second-order valence-electron chi connectivity index (χ2n) is 4.86. The average molecular weight is 258 g/mol. The lowest BCUT2D eigenvalue weighted by Gasteiger charge is -2.46. The summed E-state index contributed by atoms with van der Waals surface area (Å²) >= 11 is 0. The zero-order valence-electron chi connectivity index (χ0n) is 11.0. The molecular weight excluding hydrogens is 236 g/mol. The van der Waals surface area contributed by atoms with Crippen LogP contribution in [0, 0.1) is 5.41 Å². The number of aliphatic hydroxyl groups excluding tert-OH is 2. The molecule has 0 spiro atoms. The molecule has 0 bridgehead atoms. The van der Waals surface area contributed by atoms with E-state index in [1.807, 2.05) is 6.92 Å². The Morgan fingerprint density at radius 3 is 2.83 bits per heavy atom. The first kappa shape index (κ1) is 15.1. The van der Waals surface area contributed by atoms with E-state index in [9.17, 15) is 9.90 Å². The Balaban J connectivity index is 2.76. The lowest BCUT2D eigenvalue weighted by atomic mass is 9.73. The number of aliphatic hydroxyl groups is 2. The molecule has 0 unspecified atom stereocenters. The Morgan fingerprint density at radius 1 is 1.67 bits per heavy atom. The first-order valence-electron chi connectivity index (χ1n) is 6.12. The van der Waals surface area contributed by atoms with Crippen molar-refractivity contribution in [2.24, 2.45) is 5.41 Å². The summed E-state index contributed by atoms with van der Waals surface area (Å²) in [5.41, 5.74) is -0.602. The minimum atomic E-state index is -0.644. The Labute approximate surface area is 107 Å². The molecule has 0 aromatic rings. The molecule has 4 atom stereocenters. The topological polar surface area (TPSA) is 76.0 Å². The smallest absolute Gasteiger partial charge is 0.308 e. The van der Waals surface area contributed by atoms with Crippen LogP contribution in [-0.4, -0.2) is 48.2 Å². The molecule has 104 valence electrons. The number of hydrogen-bond acceptors (Lipinski definition) is 5. The third kappa shape index (κ3) is 3.10. The lowest BCUT2D eigenvalue weighted by Crippen LogP contribution is -2.51. The average Bonchev–Trinajstić information content (AvgIpc) is 2.35. The molecule has 0 aromatic carbocycles. The van der Waals surface area contributed by atoms with Gasteiger partial charge in [0.25, 0.3) is 0 Å². The molecule has 5 nitrogen and oxygen atoms in total. The van der Waals surface area contributed by atoms with Gasteiger partial charge in [-0.15, -0.1) is 6.58 Å². The van der Waals surface area contributed by atoms with Crippen molar-refractivity contribution in [2.75, 3.05) is 13.7 Å². The van der Waals surface area contributed by atoms with Gasteiger partial charge in [0.15, 0.2) is 0 Å². The molecule has 1 heterocycles. The summed E-state index contributed by atoms with van der Waals surface area (Å²) in [6.07, 6.45) is 1.16. The van der Waals surface area contributed by atoms with Crippen molar-refractivity contribution < 1.29 is 24.5 Å². The SMILES string of the molecule is C=C[C@@]1(C)[C@@H](O)C[C@H](CC(=O)OC)O[C@@H]1CCO. The van der Waals surface area contributed by atoms with E-state index < -0.39 is 11.5 Å². The van der Waals surface area contributed by atoms with Crippen LogP contribution in [0.4, 0.5) is 0 Å². The van der Waals surface area contributed by atoms with Gasteiger partial charge in [0, 0.05) is 18.4 Å². The summed E-state index contributed by atoms with van der Waals surface area (Å²) in [5.74, 6) is -0.364. The largest absolute Gasteiger partial charge is 0.469 e. The second-order valence-corrected chi connectivity index (χ2v) is 4.86. The van der Waals surface area contributed by atoms with E-state index in [1.54, 1.807) is 6.08 Å². The van der Waals surface area contributed by atoms with Crippen LogP contribution in [-0.2, 0) is 14.3 Å². The first-order chi connectivity index (χ1) is 8.47. The maximum atomic E-state index is 11.2. The van der Waals surface area contributed by atoms with Gasteiger partial charge in [-0.25, -0.2) is 0 Å². The molecule has 5 heteroatoms. The van der Waals surface area contributed by atoms with Crippen LogP contribution in [0.5, 0.6) is 0 Å². The summed E-state index contributed by atoms with van der Waals surface area (Å²) in [7, 11) is 1.32. The van der Waals surface area contributed by atoms with Crippen molar-refractivity contribution in [3.8, 4) is 0 Å². The van der Waals surface area contributed by atoms with E-state index in [2.05, 4.69) is 11.3 Å². The fraction of sp³-hybridized carbons (Fsp3) is 0.769. The van der Waals surface area contributed by atoms with Crippen molar-refractivity contribution in [1.82, 2.24) is 0 Å². The minimum Gasteiger partial charge on any atom is -0.469 e. The number of esters is 1. The Morgan fingerprint density at radius 2 is 2.33 bits per heavy atom. The number of methoxy groups -OCH3 is 1. The third-order valence-electron chi connectivity index (χ3n) is 3.71. The minimum absolute atomic E-state index is 0.0360. The monoisotopic (exact) mass is 258 g/mol. The lowest BCUT2D eigenvalue weighted by molar-refractivity contribution is -0.176. The van der Waals surface area contributed by atoms with E-state index in [0.717, 1.165) is 0 Å². The number of hydrogen-bond donors (Lipinski definition) is 2. The predicted octanol–water partition coefficient (Wildman–Crippen LogP) is 0.643. The molecule has 1 rings (SSSR count). The second kappa shape index (κ2) is 6.31. The summed E-state index contributed by atoms with van der Waals surface area (Å²) in [6.45, 7) is 5.54. The fourth-order valence-corrected chi connectivity index (χ4v) is 2.32. The maximum absolute atomic E-state index is 11.2. The summed E-state index contributed by atoms with van der Waals surface area (Å²) in [4.78, 5) is 11.2. The van der Waals surface area contributed by atoms with Crippen LogP contribution in [0.25, 0.3) is 0 Å². The highest BCUT2D eigenvalue weighted by atomic mass is 16.5. The predicted molar refractivity (Wildman–Crippen MR) is 65.9 cm³/mol. The Bertz CT molecular complexity index is 304. The first-order valence-corrected chi connectivity index (χ1v) is 6.12. The molecule has 1 fully saturated rings. The van der Waals surface area contributed by atoms with Crippen LogP contribution in [0.3, 0.4) is 0 Å². The van der Waals surface area contributed by atoms with Crippen LogP contribution < -0.4 is 0 Å². The molecular formula is C13H22O5. The van der Waals surface area contributed by atoms with Crippen molar-refractivity contribution in [1.29, 1.82) is 0 Å². The molecule has 0 radical (unpaired) electrons. The van der Waals surface area contributed by atoms with Crippen molar-refractivity contribution in [3.63, 3.8) is 0 Å². The molecule has 1 aliphatic rings. The summed E-state index contributed by atoms with van der Waals surface area (Å²) in [6, 6.07) is 0. The highest BCUT2D eigenvalue weighted by Gasteiger charge is 2.45. The zero-order valence-corrected chi connectivity index (χ0v) is 11.0. The quantitative estimate of drug-likeness (QED) is 0.559. The molecule has 0 aliphatic carbocycles. The number of carbonyl (C=O) groups is 1. The normalized spacial score (nSPS) is 36.1. The highest BCUT2D eigenvalue weighted by molar-refractivity contribution is 5.69. The fourth-order valence-electron chi connectivity index (χ4n) is 2.32. The summed E-state index contributed by atoms with van der Waals surface area (Å²) in [5, 5.41) is 19.3.